The van der Waals surface area contributed by atoms with Crippen molar-refractivity contribution in [1.82, 2.24) is 5.32 Å². The Morgan fingerprint density at radius 1 is 0.412 bits per heavy atom. The first-order valence-corrected chi connectivity index (χ1v) is 29.9. The standard InChI is InChI=1S/C62H115NO5/c1-3-5-7-9-11-13-15-16-17-25-29-32-36-40-44-48-52-56-62(67)68-57-53-49-45-41-37-33-30-27-24-22-20-18-19-21-23-26-28-31-35-39-43-47-51-55-61(66)63-59(58-64)60(65)54-50-46-42-38-34-14-12-10-8-6-4-2/h11,13,16-18,20-21,23,59-60,64-65H,3-10,12,14-15,19,22,24-58H2,1-2H3,(H,63,66)/b13-11-,17-16-,20-18-,23-21-. The monoisotopic (exact) mass is 954 g/mol. The SMILES string of the molecule is CCCCC/C=C\C/C=C\CCCCCCCCCC(=O)OCCCCCCCCCCC/C=C\C/C=C\CCCCCCCCCC(=O)NC(CO)C(O)CCCCCCCCCCCCC. The Hall–Kier alpha value is -2.18. The van der Waals surface area contributed by atoms with Gasteiger partial charge in [-0.1, -0.05) is 255 Å². The molecule has 0 heterocycles. The Morgan fingerprint density at radius 3 is 1.15 bits per heavy atom. The molecule has 0 spiro atoms. The van der Waals surface area contributed by atoms with Gasteiger partial charge in [-0.25, -0.2) is 0 Å². The van der Waals surface area contributed by atoms with Crippen LogP contribution in [0.4, 0.5) is 0 Å². The van der Waals surface area contributed by atoms with E-state index in [2.05, 4.69) is 67.8 Å². The molecule has 0 aromatic heterocycles. The fourth-order valence-corrected chi connectivity index (χ4v) is 8.99. The summed E-state index contributed by atoms with van der Waals surface area (Å²) < 4.78 is 5.48. The molecule has 0 saturated heterocycles. The van der Waals surface area contributed by atoms with Gasteiger partial charge in [-0.15, -0.1) is 0 Å². The predicted octanol–water partition coefficient (Wildman–Crippen LogP) is 18.6. The average molecular weight is 955 g/mol. The van der Waals surface area contributed by atoms with Crippen molar-refractivity contribution in [3.63, 3.8) is 0 Å². The minimum Gasteiger partial charge on any atom is -0.466 e. The molecule has 0 saturated carbocycles. The molecule has 3 N–H and O–H groups in total. The molecule has 6 nitrogen and oxygen atoms in total. The molecule has 1 amide bonds. The number of esters is 1. The smallest absolute Gasteiger partial charge is 0.305 e. The van der Waals surface area contributed by atoms with Crippen LogP contribution in [-0.2, 0) is 14.3 Å². The molecule has 0 aliphatic rings. The zero-order chi connectivity index (χ0) is 49.3. The number of hydrogen-bond donors (Lipinski definition) is 3. The second-order valence-corrected chi connectivity index (χ2v) is 20.3. The third-order valence-electron chi connectivity index (χ3n) is 13.6. The highest BCUT2D eigenvalue weighted by Crippen LogP contribution is 2.16. The topological polar surface area (TPSA) is 95.9 Å². The number of allylic oxidation sites excluding steroid dienone is 8. The van der Waals surface area contributed by atoms with Gasteiger partial charge in [0, 0.05) is 12.8 Å². The van der Waals surface area contributed by atoms with Crippen LogP contribution in [0.3, 0.4) is 0 Å². The van der Waals surface area contributed by atoms with Gasteiger partial charge in [-0.3, -0.25) is 9.59 Å². The number of amides is 1. The van der Waals surface area contributed by atoms with E-state index in [1.165, 1.54) is 205 Å². The lowest BCUT2D eigenvalue weighted by Gasteiger charge is -2.22. The van der Waals surface area contributed by atoms with Gasteiger partial charge in [0.15, 0.2) is 0 Å². The maximum Gasteiger partial charge on any atom is 0.305 e. The Labute approximate surface area is 423 Å². The van der Waals surface area contributed by atoms with E-state index in [4.69, 9.17) is 4.74 Å². The van der Waals surface area contributed by atoms with Gasteiger partial charge in [-0.05, 0) is 89.9 Å². The molecule has 68 heavy (non-hydrogen) atoms. The maximum atomic E-state index is 12.4. The molecule has 0 radical (unpaired) electrons. The van der Waals surface area contributed by atoms with Crippen molar-refractivity contribution in [2.24, 2.45) is 0 Å². The number of nitrogens with one attached hydrogen (secondary N) is 1. The van der Waals surface area contributed by atoms with Crippen molar-refractivity contribution in [3.05, 3.63) is 48.6 Å². The van der Waals surface area contributed by atoms with Crippen LogP contribution in [0.2, 0.25) is 0 Å². The Bertz CT molecular complexity index is 1150. The third kappa shape index (κ3) is 53.2. The number of carbonyl (C=O) groups is 2. The fraction of sp³-hybridized carbons (Fsp3) is 0.839. The Balaban J connectivity index is 3.44. The van der Waals surface area contributed by atoms with E-state index < -0.39 is 12.1 Å². The molecule has 2 atom stereocenters. The molecule has 0 bridgehead atoms. The summed E-state index contributed by atoms with van der Waals surface area (Å²) in [7, 11) is 0. The number of hydrogen-bond acceptors (Lipinski definition) is 5. The summed E-state index contributed by atoms with van der Waals surface area (Å²) in [5, 5.41) is 23.2. The summed E-state index contributed by atoms with van der Waals surface area (Å²) in [5.74, 6) is -0.0481. The summed E-state index contributed by atoms with van der Waals surface area (Å²) in [6.45, 7) is 4.91. The van der Waals surface area contributed by atoms with Crippen LogP contribution < -0.4 is 5.32 Å². The third-order valence-corrected chi connectivity index (χ3v) is 13.6. The number of rotatable bonds is 55. The second-order valence-electron chi connectivity index (χ2n) is 20.3. The Kier molecular flexibility index (Phi) is 55.6. The molecule has 0 aromatic rings. The number of ether oxygens (including phenoxy) is 1. The van der Waals surface area contributed by atoms with Crippen molar-refractivity contribution in [1.29, 1.82) is 0 Å². The summed E-state index contributed by atoms with van der Waals surface area (Å²) >= 11 is 0. The second kappa shape index (κ2) is 57.4. The van der Waals surface area contributed by atoms with E-state index in [1.807, 2.05) is 0 Å². The van der Waals surface area contributed by atoms with Gasteiger partial charge >= 0.3 is 5.97 Å². The lowest BCUT2D eigenvalue weighted by Crippen LogP contribution is -2.45. The summed E-state index contributed by atoms with van der Waals surface area (Å²) in [4.78, 5) is 24.5. The van der Waals surface area contributed by atoms with Crippen molar-refractivity contribution in [2.75, 3.05) is 13.2 Å². The molecule has 0 fully saturated rings. The molecule has 6 heteroatoms. The first-order valence-electron chi connectivity index (χ1n) is 29.9. The van der Waals surface area contributed by atoms with E-state index in [0.29, 0.717) is 25.9 Å². The van der Waals surface area contributed by atoms with Crippen LogP contribution in [-0.4, -0.2) is 47.4 Å². The average Bonchev–Trinajstić information content (AvgIpc) is 3.34. The van der Waals surface area contributed by atoms with Crippen LogP contribution in [0.5, 0.6) is 0 Å². The van der Waals surface area contributed by atoms with E-state index in [-0.39, 0.29) is 18.5 Å². The van der Waals surface area contributed by atoms with Crippen molar-refractivity contribution < 1.29 is 24.5 Å². The van der Waals surface area contributed by atoms with Gasteiger partial charge in [0.05, 0.1) is 25.4 Å². The van der Waals surface area contributed by atoms with Gasteiger partial charge in [0.1, 0.15) is 0 Å². The van der Waals surface area contributed by atoms with E-state index in [9.17, 15) is 19.8 Å². The summed E-state index contributed by atoms with van der Waals surface area (Å²) in [6, 6.07) is -0.548. The fourth-order valence-electron chi connectivity index (χ4n) is 8.99. The highest BCUT2D eigenvalue weighted by Gasteiger charge is 2.20. The first kappa shape index (κ1) is 65.8. The van der Waals surface area contributed by atoms with Gasteiger partial charge < -0.3 is 20.3 Å². The predicted molar refractivity (Wildman–Crippen MR) is 296 cm³/mol. The zero-order valence-electron chi connectivity index (χ0n) is 45.3. The van der Waals surface area contributed by atoms with E-state index >= 15 is 0 Å². The van der Waals surface area contributed by atoms with Crippen molar-refractivity contribution >= 4 is 11.9 Å². The number of aliphatic hydroxyl groups excluding tert-OH is 2. The van der Waals surface area contributed by atoms with Crippen LogP contribution in [0, 0.1) is 0 Å². The summed E-state index contributed by atoms with van der Waals surface area (Å²) in [6.07, 6.45) is 72.5. The molecular formula is C62H115NO5. The number of aliphatic hydroxyl groups is 2. The normalized spacial score (nSPS) is 12.9. The molecule has 0 aromatic carbocycles. The quantitative estimate of drug-likeness (QED) is 0.0321. The highest BCUT2D eigenvalue weighted by molar-refractivity contribution is 5.76. The van der Waals surface area contributed by atoms with Crippen LogP contribution in [0.15, 0.2) is 48.6 Å². The molecular weight excluding hydrogens is 839 g/mol. The van der Waals surface area contributed by atoms with Gasteiger partial charge in [0.25, 0.3) is 0 Å². The Morgan fingerprint density at radius 2 is 0.735 bits per heavy atom. The molecule has 0 rings (SSSR count). The maximum absolute atomic E-state index is 12.4. The van der Waals surface area contributed by atoms with Crippen LogP contribution in [0.1, 0.15) is 309 Å². The van der Waals surface area contributed by atoms with Crippen molar-refractivity contribution in [3.8, 4) is 0 Å². The number of unbranched alkanes of at least 4 members (excludes halogenated alkanes) is 36. The largest absolute Gasteiger partial charge is 0.466 e. The van der Waals surface area contributed by atoms with Gasteiger partial charge in [-0.2, -0.15) is 0 Å². The van der Waals surface area contributed by atoms with E-state index in [1.54, 1.807) is 0 Å². The number of carbonyl (C=O) groups excluding carboxylic acids is 2. The molecule has 0 aliphatic carbocycles. The highest BCUT2D eigenvalue weighted by atomic mass is 16.5. The van der Waals surface area contributed by atoms with Crippen LogP contribution in [0.25, 0.3) is 0 Å². The summed E-state index contributed by atoms with van der Waals surface area (Å²) in [5.41, 5.74) is 0. The first-order chi connectivity index (χ1) is 33.5. The zero-order valence-corrected chi connectivity index (χ0v) is 45.3. The van der Waals surface area contributed by atoms with Gasteiger partial charge in [0.2, 0.25) is 5.91 Å². The van der Waals surface area contributed by atoms with Crippen LogP contribution >= 0.6 is 0 Å². The molecule has 398 valence electrons. The van der Waals surface area contributed by atoms with Crippen molar-refractivity contribution in [2.45, 2.75) is 321 Å². The lowest BCUT2D eigenvalue weighted by atomic mass is 10.0. The lowest BCUT2D eigenvalue weighted by molar-refractivity contribution is -0.143. The molecule has 0 aliphatic heterocycles. The minimum atomic E-state index is -0.670. The minimum absolute atomic E-state index is 0.00117. The molecule has 2 unspecified atom stereocenters. The van der Waals surface area contributed by atoms with E-state index in [0.717, 1.165) is 70.6 Å².